The second-order valence-electron chi connectivity index (χ2n) is 4.17. The number of ketones is 1. The topological polar surface area (TPSA) is 17.1 Å². The van der Waals surface area contributed by atoms with Crippen LogP contribution >= 0.6 is 31.9 Å². The Morgan fingerprint density at radius 2 is 1.92 bits per heavy atom. The van der Waals surface area contributed by atoms with Crippen molar-refractivity contribution in [2.24, 2.45) is 11.3 Å². The molecule has 12 heavy (non-hydrogen) atoms. The van der Waals surface area contributed by atoms with E-state index >= 15 is 0 Å². The highest BCUT2D eigenvalue weighted by Crippen LogP contribution is 2.43. The second kappa shape index (κ2) is 3.41. The molecule has 1 saturated carbocycles. The molecule has 3 atom stereocenters. The van der Waals surface area contributed by atoms with E-state index in [1.807, 2.05) is 13.8 Å². The Balaban J connectivity index is 2.88. The molecule has 0 saturated heterocycles. The predicted molar refractivity (Wildman–Crippen MR) is 58.0 cm³/mol. The van der Waals surface area contributed by atoms with Crippen molar-refractivity contribution in [2.45, 2.75) is 36.8 Å². The molecular weight excluding hydrogens is 284 g/mol. The number of carbonyl (C=O) groups excluding carboxylic acids is 1. The van der Waals surface area contributed by atoms with E-state index in [2.05, 4.69) is 38.8 Å². The molecule has 0 bridgehead atoms. The molecule has 0 radical (unpaired) electrons. The molecule has 0 heterocycles. The van der Waals surface area contributed by atoms with E-state index in [1.165, 1.54) is 0 Å². The third-order valence-corrected chi connectivity index (χ3v) is 6.59. The van der Waals surface area contributed by atoms with Crippen molar-refractivity contribution in [1.29, 1.82) is 0 Å². The van der Waals surface area contributed by atoms with Gasteiger partial charge in [0.05, 0.1) is 0 Å². The lowest BCUT2D eigenvalue weighted by Gasteiger charge is -2.40. The summed E-state index contributed by atoms with van der Waals surface area (Å²) in [6, 6.07) is 0. The van der Waals surface area contributed by atoms with Crippen molar-refractivity contribution in [3.8, 4) is 0 Å². The van der Waals surface area contributed by atoms with Crippen LogP contribution in [0.5, 0.6) is 0 Å². The predicted octanol–water partition coefficient (Wildman–Crippen LogP) is 3.15. The van der Waals surface area contributed by atoms with Crippen LogP contribution in [0.2, 0.25) is 0 Å². The van der Waals surface area contributed by atoms with Gasteiger partial charge in [-0.25, -0.2) is 0 Å². The minimum absolute atomic E-state index is 0.222. The SMILES string of the molecule is C[C@H]1CC(=O)C(C)(C)[C@@H](Br)[C@@H]1Br. The second-order valence-corrected chi connectivity index (χ2v) is 6.22. The molecule has 3 heteroatoms. The van der Waals surface area contributed by atoms with Crippen LogP contribution < -0.4 is 0 Å². The zero-order valence-electron chi connectivity index (χ0n) is 7.60. The van der Waals surface area contributed by atoms with Gasteiger partial charge in [0.2, 0.25) is 0 Å². The van der Waals surface area contributed by atoms with Crippen molar-refractivity contribution in [3.63, 3.8) is 0 Å². The van der Waals surface area contributed by atoms with Crippen LogP contribution in [0.1, 0.15) is 27.2 Å². The van der Waals surface area contributed by atoms with Gasteiger partial charge in [-0.05, 0) is 5.92 Å². The molecule has 0 unspecified atom stereocenters. The summed E-state index contributed by atoms with van der Waals surface area (Å²) in [5.74, 6) is 0.808. The minimum Gasteiger partial charge on any atom is -0.299 e. The monoisotopic (exact) mass is 296 g/mol. The summed E-state index contributed by atoms with van der Waals surface area (Å²) in [7, 11) is 0. The smallest absolute Gasteiger partial charge is 0.139 e. The fourth-order valence-electron chi connectivity index (χ4n) is 1.51. The number of hydrogen-bond acceptors (Lipinski definition) is 1. The largest absolute Gasteiger partial charge is 0.299 e. The van der Waals surface area contributed by atoms with Gasteiger partial charge in [-0.3, -0.25) is 4.79 Å². The Hall–Kier alpha value is 0.630. The molecule has 0 amide bonds. The highest BCUT2D eigenvalue weighted by atomic mass is 79.9. The quantitative estimate of drug-likeness (QED) is 0.628. The summed E-state index contributed by atoms with van der Waals surface area (Å²) in [6.45, 7) is 6.13. The van der Waals surface area contributed by atoms with Gasteiger partial charge in [0.15, 0.2) is 0 Å². The van der Waals surface area contributed by atoms with Crippen molar-refractivity contribution in [2.75, 3.05) is 0 Å². The maximum Gasteiger partial charge on any atom is 0.139 e. The number of halogens is 2. The third kappa shape index (κ3) is 1.63. The summed E-state index contributed by atoms with van der Waals surface area (Å²) < 4.78 is 0. The first kappa shape index (κ1) is 10.7. The first-order valence-electron chi connectivity index (χ1n) is 4.19. The molecule has 0 N–H and O–H groups in total. The van der Waals surface area contributed by atoms with Gasteiger partial charge in [0.1, 0.15) is 5.78 Å². The molecule has 1 aliphatic rings. The minimum atomic E-state index is -0.222. The molecule has 1 rings (SSSR count). The molecule has 70 valence electrons. The molecule has 1 fully saturated rings. The molecule has 0 spiro atoms. The van der Waals surface area contributed by atoms with Crippen LogP contribution in [0.4, 0.5) is 0 Å². The van der Waals surface area contributed by atoms with Gasteiger partial charge in [0.25, 0.3) is 0 Å². The molecule has 0 aromatic rings. The molecule has 0 aromatic heterocycles. The van der Waals surface area contributed by atoms with Gasteiger partial charge >= 0.3 is 0 Å². The van der Waals surface area contributed by atoms with Crippen molar-refractivity contribution in [3.05, 3.63) is 0 Å². The highest BCUT2D eigenvalue weighted by molar-refractivity contribution is 9.12. The maximum atomic E-state index is 11.6. The summed E-state index contributed by atoms with van der Waals surface area (Å²) in [6.07, 6.45) is 0.699. The Labute approximate surface area is 90.5 Å². The molecular formula is C9H14Br2O. The van der Waals surface area contributed by atoms with Crippen molar-refractivity contribution < 1.29 is 4.79 Å². The summed E-state index contributed by atoms with van der Waals surface area (Å²) in [5.41, 5.74) is -0.222. The first-order chi connectivity index (χ1) is 5.37. The van der Waals surface area contributed by atoms with Gasteiger partial charge in [-0.15, -0.1) is 0 Å². The average Bonchev–Trinajstić information content (AvgIpc) is 1.99. The Morgan fingerprint density at radius 1 is 1.42 bits per heavy atom. The van der Waals surface area contributed by atoms with E-state index in [0.717, 1.165) is 0 Å². The van der Waals surface area contributed by atoms with Gasteiger partial charge in [0, 0.05) is 21.5 Å². The van der Waals surface area contributed by atoms with Crippen LogP contribution in [0, 0.1) is 11.3 Å². The zero-order chi connectivity index (χ0) is 9.52. The Morgan fingerprint density at radius 3 is 2.42 bits per heavy atom. The number of alkyl halides is 2. The molecule has 0 aromatic carbocycles. The van der Waals surface area contributed by atoms with Gasteiger partial charge in [-0.1, -0.05) is 52.6 Å². The lowest BCUT2D eigenvalue weighted by Crippen LogP contribution is -2.47. The lowest BCUT2D eigenvalue weighted by molar-refractivity contribution is -0.129. The number of Topliss-reactive ketones (excluding diaryl/α,β-unsaturated/α-hetero) is 1. The zero-order valence-corrected chi connectivity index (χ0v) is 10.8. The number of hydrogen-bond donors (Lipinski definition) is 0. The van der Waals surface area contributed by atoms with E-state index in [9.17, 15) is 4.79 Å². The van der Waals surface area contributed by atoms with E-state index in [-0.39, 0.29) is 10.2 Å². The van der Waals surface area contributed by atoms with E-state index in [0.29, 0.717) is 22.9 Å². The molecule has 1 aliphatic carbocycles. The maximum absolute atomic E-state index is 11.6. The van der Waals surface area contributed by atoms with Crippen molar-refractivity contribution in [1.82, 2.24) is 0 Å². The van der Waals surface area contributed by atoms with Gasteiger partial charge in [-0.2, -0.15) is 0 Å². The Kier molecular flexibility index (Phi) is 3.04. The third-order valence-electron chi connectivity index (χ3n) is 2.74. The summed E-state index contributed by atoms with van der Waals surface area (Å²) in [5, 5.41) is 0. The van der Waals surface area contributed by atoms with Crippen LogP contribution in [-0.4, -0.2) is 15.4 Å². The fourth-order valence-corrected chi connectivity index (χ4v) is 3.13. The molecule has 0 aliphatic heterocycles. The fraction of sp³-hybridized carbons (Fsp3) is 0.889. The number of carbonyl (C=O) groups is 1. The van der Waals surface area contributed by atoms with Crippen LogP contribution in [0.3, 0.4) is 0 Å². The van der Waals surface area contributed by atoms with Crippen LogP contribution in [0.25, 0.3) is 0 Å². The van der Waals surface area contributed by atoms with Crippen LogP contribution in [0.15, 0.2) is 0 Å². The van der Waals surface area contributed by atoms with Gasteiger partial charge < -0.3 is 0 Å². The standard InChI is InChI=1S/C9H14Br2O/c1-5-4-6(12)9(2,3)8(11)7(5)10/h5,7-8H,4H2,1-3H3/t5-,7+,8-/m0/s1. The Bertz CT molecular complexity index is 201. The summed E-state index contributed by atoms with van der Waals surface area (Å²) in [4.78, 5) is 12.3. The average molecular weight is 298 g/mol. The highest BCUT2D eigenvalue weighted by Gasteiger charge is 2.45. The normalized spacial score (nSPS) is 41.4. The van der Waals surface area contributed by atoms with E-state index in [1.54, 1.807) is 0 Å². The molecule has 1 nitrogen and oxygen atoms in total. The van der Waals surface area contributed by atoms with E-state index in [4.69, 9.17) is 0 Å². The lowest BCUT2D eigenvalue weighted by atomic mass is 9.72. The van der Waals surface area contributed by atoms with E-state index < -0.39 is 0 Å². The summed E-state index contributed by atoms with van der Waals surface area (Å²) >= 11 is 7.21. The van der Waals surface area contributed by atoms with Crippen molar-refractivity contribution >= 4 is 37.6 Å². The number of rotatable bonds is 0. The first-order valence-corrected chi connectivity index (χ1v) is 6.02. The van der Waals surface area contributed by atoms with Crippen LogP contribution in [-0.2, 0) is 4.79 Å².